The molecule has 0 saturated carbocycles. The second kappa shape index (κ2) is 7.67. The number of rotatable bonds is 1. The van der Waals surface area contributed by atoms with E-state index in [1.54, 1.807) is 0 Å². The summed E-state index contributed by atoms with van der Waals surface area (Å²) in [6, 6.07) is 4.30. The SMILES string of the molecule is CC1C=NC(c2cccnc2)C/C=C\CC/C=C\C1. The van der Waals surface area contributed by atoms with Crippen LogP contribution in [0.4, 0.5) is 0 Å². The monoisotopic (exact) mass is 254 g/mol. The summed E-state index contributed by atoms with van der Waals surface area (Å²) < 4.78 is 0. The Hall–Kier alpha value is -1.70. The molecule has 19 heavy (non-hydrogen) atoms. The third-order valence-corrected chi connectivity index (χ3v) is 3.29. The first kappa shape index (κ1) is 13.7. The van der Waals surface area contributed by atoms with E-state index in [2.05, 4.69) is 48.5 Å². The van der Waals surface area contributed by atoms with Crippen molar-refractivity contribution in [3.8, 4) is 0 Å². The van der Waals surface area contributed by atoms with E-state index in [1.807, 2.05) is 18.5 Å². The average molecular weight is 254 g/mol. The van der Waals surface area contributed by atoms with Gasteiger partial charge in [-0.1, -0.05) is 37.3 Å². The van der Waals surface area contributed by atoms with Crippen LogP contribution in [-0.2, 0) is 0 Å². The third kappa shape index (κ3) is 4.82. The first-order chi connectivity index (χ1) is 9.36. The molecular weight excluding hydrogens is 232 g/mol. The summed E-state index contributed by atoms with van der Waals surface area (Å²) in [6.07, 6.45) is 19.2. The lowest BCUT2D eigenvalue weighted by atomic mass is 10.0. The average Bonchev–Trinajstić information content (AvgIpc) is 2.44. The largest absolute Gasteiger partial charge is 0.289 e. The quantitative estimate of drug-likeness (QED) is 0.677. The second-order valence-electron chi connectivity index (χ2n) is 5.07. The lowest BCUT2D eigenvalue weighted by Crippen LogP contribution is -2.00. The minimum Gasteiger partial charge on any atom is -0.289 e. The van der Waals surface area contributed by atoms with E-state index in [4.69, 9.17) is 4.99 Å². The summed E-state index contributed by atoms with van der Waals surface area (Å²) in [5.74, 6) is 0.499. The van der Waals surface area contributed by atoms with Gasteiger partial charge in [-0.25, -0.2) is 0 Å². The van der Waals surface area contributed by atoms with Crippen molar-refractivity contribution in [2.45, 2.75) is 38.6 Å². The van der Waals surface area contributed by atoms with Crippen LogP contribution in [-0.4, -0.2) is 11.2 Å². The van der Waals surface area contributed by atoms with E-state index < -0.39 is 0 Å². The van der Waals surface area contributed by atoms with E-state index >= 15 is 0 Å². The Bertz CT molecular complexity index is 446. The van der Waals surface area contributed by atoms with Crippen LogP contribution < -0.4 is 0 Å². The van der Waals surface area contributed by atoms with Gasteiger partial charge in [-0.15, -0.1) is 0 Å². The van der Waals surface area contributed by atoms with E-state index in [1.165, 1.54) is 5.56 Å². The van der Waals surface area contributed by atoms with Gasteiger partial charge in [-0.05, 0) is 43.2 Å². The van der Waals surface area contributed by atoms with Crippen molar-refractivity contribution >= 4 is 6.21 Å². The van der Waals surface area contributed by atoms with Gasteiger partial charge in [0.2, 0.25) is 0 Å². The third-order valence-electron chi connectivity index (χ3n) is 3.29. The summed E-state index contributed by atoms with van der Waals surface area (Å²) in [4.78, 5) is 8.96. The normalized spacial score (nSPS) is 28.1. The predicted octanol–water partition coefficient (Wildman–Crippen LogP) is 4.52. The summed E-state index contributed by atoms with van der Waals surface area (Å²) in [6.45, 7) is 2.22. The topological polar surface area (TPSA) is 25.2 Å². The molecule has 2 heteroatoms. The molecule has 2 unspecified atom stereocenters. The molecule has 1 aliphatic heterocycles. The molecule has 0 N–H and O–H groups in total. The number of aromatic nitrogens is 1. The Kier molecular flexibility index (Phi) is 5.54. The zero-order valence-corrected chi connectivity index (χ0v) is 11.6. The van der Waals surface area contributed by atoms with Crippen molar-refractivity contribution in [1.82, 2.24) is 4.98 Å². The maximum atomic E-state index is 4.76. The fourth-order valence-corrected chi connectivity index (χ4v) is 2.13. The minimum atomic E-state index is 0.204. The van der Waals surface area contributed by atoms with Crippen molar-refractivity contribution in [2.75, 3.05) is 0 Å². The molecule has 0 radical (unpaired) electrons. The molecule has 100 valence electrons. The molecule has 0 saturated heterocycles. The van der Waals surface area contributed by atoms with Crippen LogP contribution in [0, 0.1) is 5.92 Å². The molecular formula is C17H22N2. The minimum absolute atomic E-state index is 0.204. The number of hydrogen-bond acceptors (Lipinski definition) is 2. The van der Waals surface area contributed by atoms with Crippen molar-refractivity contribution in [1.29, 1.82) is 0 Å². The molecule has 1 aliphatic rings. The van der Waals surface area contributed by atoms with Crippen LogP contribution in [0.2, 0.25) is 0 Å². The maximum Gasteiger partial charge on any atom is 0.0794 e. The second-order valence-corrected chi connectivity index (χ2v) is 5.07. The van der Waals surface area contributed by atoms with Crippen LogP contribution in [0.1, 0.15) is 44.2 Å². The highest BCUT2D eigenvalue weighted by Crippen LogP contribution is 2.21. The molecule has 2 atom stereocenters. The van der Waals surface area contributed by atoms with Crippen molar-refractivity contribution in [2.24, 2.45) is 10.9 Å². The first-order valence-corrected chi connectivity index (χ1v) is 7.09. The Morgan fingerprint density at radius 3 is 2.58 bits per heavy atom. The van der Waals surface area contributed by atoms with E-state index in [-0.39, 0.29) is 6.04 Å². The van der Waals surface area contributed by atoms with Gasteiger partial charge in [0.05, 0.1) is 6.04 Å². The van der Waals surface area contributed by atoms with Crippen molar-refractivity contribution < 1.29 is 0 Å². The molecule has 2 nitrogen and oxygen atoms in total. The highest BCUT2D eigenvalue weighted by atomic mass is 14.8. The molecule has 0 bridgehead atoms. The molecule has 1 aromatic heterocycles. The van der Waals surface area contributed by atoms with Gasteiger partial charge in [-0.3, -0.25) is 9.98 Å². The summed E-state index contributed by atoms with van der Waals surface area (Å²) in [5.41, 5.74) is 1.20. The number of nitrogens with zero attached hydrogens (tertiary/aromatic N) is 2. The van der Waals surface area contributed by atoms with Crippen molar-refractivity contribution in [3.05, 3.63) is 54.4 Å². The predicted molar refractivity (Wildman–Crippen MR) is 81.4 cm³/mol. The summed E-state index contributed by atoms with van der Waals surface area (Å²) in [7, 11) is 0. The number of hydrogen-bond donors (Lipinski definition) is 0. The van der Waals surface area contributed by atoms with E-state index in [0.29, 0.717) is 5.92 Å². The maximum absolute atomic E-state index is 4.76. The fourth-order valence-electron chi connectivity index (χ4n) is 2.13. The van der Waals surface area contributed by atoms with Gasteiger partial charge in [0.1, 0.15) is 0 Å². The van der Waals surface area contributed by atoms with Crippen LogP contribution in [0.25, 0.3) is 0 Å². The zero-order valence-electron chi connectivity index (χ0n) is 11.6. The smallest absolute Gasteiger partial charge is 0.0794 e. The molecule has 0 fully saturated rings. The van der Waals surface area contributed by atoms with Gasteiger partial charge in [-0.2, -0.15) is 0 Å². The lowest BCUT2D eigenvalue weighted by Gasteiger charge is -2.12. The number of aliphatic imine (C=N–C) groups is 1. The summed E-state index contributed by atoms with van der Waals surface area (Å²) >= 11 is 0. The standard InChI is InChI=1S/C17H22N2/c1-15-9-6-4-2-3-5-7-11-17(19-13-15)16-10-8-12-18-14-16/h4-8,10,12-15,17H,2-3,9,11H2,1H3/b6-4-,7-5-,19-13?. The van der Waals surface area contributed by atoms with Crippen LogP contribution in [0.15, 0.2) is 53.8 Å². The fraction of sp³-hybridized carbons (Fsp3) is 0.412. The zero-order chi connectivity index (χ0) is 13.3. The van der Waals surface area contributed by atoms with Crippen LogP contribution >= 0.6 is 0 Å². The Morgan fingerprint density at radius 2 is 1.84 bits per heavy atom. The van der Waals surface area contributed by atoms with E-state index in [0.717, 1.165) is 25.7 Å². The Balaban J connectivity index is 2.14. The molecule has 0 aromatic carbocycles. The van der Waals surface area contributed by atoms with Crippen LogP contribution in [0.3, 0.4) is 0 Å². The number of allylic oxidation sites excluding steroid dienone is 3. The van der Waals surface area contributed by atoms with E-state index in [9.17, 15) is 0 Å². The van der Waals surface area contributed by atoms with Gasteiger partial charge >= 0.3 is 0 Å². The van der Waals surface area contributed by atoms with Gasteiger partial charge in [0.15, 0.2) is 0 Å². The van der Waals surface area contributed by atoms with Crippen molar-refractivity contribution in [3.63, 3.8) is 0 Å². The number of pyridine rings is 1. The molecule has 0 amide bonds. The first-order valence-electron chi connectivity index (χ1n) is 7.09. The Morgan fingerprint density at radius 1 is 1.05 bits per heavy atom. The van der Waals surface area contributed by atoms with Gasteiger partial charge in [0, 0.05) is 18.6 Å². The lowest BCUT2D eigenvalue weighted by molar-refractivity contribution is 0.716. The highest BCUT2D eigenvalue weighted by molar-refractivity contribution is 5.61. The van der Waals surface area contributed by atoms with Crippen LogP contribution in [0.5, 0.6) is 0 Å². The highest BCUT2D eigenvalue weighted by Gasteiger charge is 2.08. The Labute approximate surface area is 116 Å². The molecule has 1 aromatic rings. The molecule has 2 rings (SSSR count). The van der Waals surface area contributed by atoms with Gasteiger partial charge in [0.25, 0.3) is 0 Å². The molecule has 0 spiro atoms. The molecule has 0 aliphatic carbocycles. The van der Waals surface area contributed by atoms with Gasteiger partial charge < -0.3 is 0 Å². The molecule has 2 heterocycles. The summed E-state index contributed by atoms with van der Waals surface area (Å²) in [5, 5.41) is 0.